The van der Waals surface area contributed by atoms with Gasteiger partial charge in [0.25, 0.3) is 0 Å². The first-order valence-corrected chi connectivity index (χ1v) is 6.25. The maximum atomic E-state index is 10.9. The van der Waals surface area contributed by atoms with Gasteiger partial charge in [-0.15, -0.1) is 11.3 Å². The van der Waals surface area contributed by atoms with Crippen molar-refractivity contribution < 1.29 is 9.90 Å². The molecule has 2 atom stereocenters. The van der Waals surface area contributed by atoms with Gasteiger partial charge in [0.1, 0.15) is 0 Å². The average Bonchev–Trinajstić information content (AvgIpc) is 2.59. The monoisotopic (exact) mass is 261 g/mol. The summed E-state index contributed by atoms with van der Waals surface area (Å²) < 4.78 is 0.741. The Labute approximate surface area is 105 Å². The van der Waals surface area contributed by atoms with Crippen LogP contribution in [0.25, 0.3) is 0 Å². The van der Waals surface area contributed by atoms with Gasteiger partial charge >= 0.3 is 5.97 Å². The molecule has 0 aliphatic heterocycles. The predicted molar refractivity (Wildman–Crippen MR) is 67.2 cm³/mol. The summed E-state index contributed by atoms with van der Waals surface area (Å²) in [5, 5.41) is 8.92. The molecule has 1 N–H and O–H groups in total. The molecule has 0 bridgehead atoms. The van der Waals surface area contributed by atoms with Gasteiger partial charge in [0, 0.05) is 10.9 Å². The van der Waals surface area contributed by atoms with E-state index in [9.17, 15) is 4.79 Å². The number of carboxylic acid groups (broad SMARTS) is 1. The van der Waals surface area contributed by atoms with Crippen LogP contribution in [-0.2, 0) is 4.79 Å². The Morgan fingerprint density at radius 1 is 1.56 bits per heavy atom. The van der Waals surface area contributed by atoms with Gasteiger partial charge in [0.15, 0.2) is 0 Å². The van der Waals surface area contributed by atoms with Crippen molar-refractivity contribution in [3.05, 3.63) is 21.3 Å². The highest BCUT2D eigenvalue weighted by Gasteiger charge is 2.22. The fourth-order valence-corrected chi connectivity index (χ4v) is 2.80. The van der Waals surface area contributed by atoms with Gasteiger partial charge in [0.05, 0.1) is 10.3 Å². The molecule has 1 aromatic heterocycles. The molecule has 2 unspecified atom stereocenters. The minimum Gasteiger partial charge on any atom is -0.481 e. The molecule has 0 aliphatic carbocycles. The highest BCUT2D eigenvalue weighted by molar-refractivity contribution is 7.16. The van der Waals surface area contributed by atoms with E-state index in [1.165, 1.54) is 11.3 Å². The fraction of sp³-hybridized carbons (Fsp3) is 0.545. The molecule has 0 spiro atoms. The van der Waals surface area contributed by atoms with E-state index in [1.807, 2.05) is 31.1 Å². The maximum Gasteiger partial charge on any atom is 0.306 e. The fourth-order valence-electron chi connectivity index (χ4n) is 1.52. The van der Waals surface area contributed by atoms with Crippen LogP contribution >= 0.6 is 22.9 Å². The average molecular weight is 262 g/mol. The van der Waals surface area contributed by atoms with Crippen molar-refractivity contribution in [2.75, 3.05) is 14.1 Å². The Morgan fingerprint density at radius 3 is 2.56 bits per heavy atom. The topological polar surface area (TPSA) is 40.5 Å². The largest absolute Gasteiger partial charge is 0.481 e. The lowest BCUT2D eigenvalue weighted by Gasteiger charge is -2.24. The van der Waals surface area contributed by atoms with E-state index < -0.39 is 5.97 Å². The van der Waals surface area contributed by atoms with Gasteiger partial charge in [-0.25, -0.2) is 0 Å². The Kier molecular flexibility index (Phi) is 4.77. The number of thiophene rings is 1. The molecule has 1 heterocycles. The van der Waals surface area contributed by atoms with Gasteiger partial charge in [-0.05, 0) is 32.6 Å². The first-order valence-electron chi connectivity index (χ1n) is 5.06. The molecule has 90 valence electrons. The van der Waals surface area contributed by atoms with Gasteiger partial charge in [-0.2, -0.15) is 0 Å². The molecule has 0 saturated carbocycles. The van der Waals surface area contributed by atoms with Crippen LogP contribution < -0.4 is 0 Å². The summed E-state index contributed by atoms with van der Waals surface area (Å²) in [6.45, 7) is 1.73. The molecule has 0 amide bonds. The zero-order valence-corrected chi connectivity index (χ0v) is 11.2. The molecule has 0 radical (unpaired) electrons. The van der Waals surface area contributed by atoms with Gasteiger partial charge < -0.3 is 10.0 Å². The SMILES string of the molecule is CC(CC(c1ccc(Cl)s1)N(C)C)C(=O)O. The van der Waals surface area contributed by atoms with E-state index in [-0.39, 0.29) is 12.0 Å². The van der Waals surface area contributed by atoms with Gasteiger partial charge in [-0.1, -0.05) is 18.5 Å². The third kappa shape index (κ3) is 3.47. The first-order chi connectivity index (χ1) is 7.41. The standard InChI is InChI=1S/C11H16ClNO2S/c1-7(11(14)15)6-8(13(2)3)9-4-5-10(12)16-9/h4-5,7-8H,6H2,1-3H3,(H,14,15). The quantitative estimate of drug-likeness (QED) is 0.885. The Morgan fingerprint density at radius 2 is 2.19 bits per heavy atom. The molecular weight excluding hydrogens is 246 g/mol. The molecule has 0 aliphatic rings. The molecule has 0 fully saturated rings. The Bertz CT molecular complexity index is 365. The number of nitrogens with zero attached hydrogens (tertiary/aromatic N) is 1. The molecule has 5 heteroatoms. The summed E-state index contributed by atoms with van der Waals surface area (Å²) in [6, 6.07) is 3.93. The van der Waals surface area contributed by atoms with Gasteiger partial charge in [-0.3, -0.25) is 4.79 Å². The summed E-state index contributed by atoms with van der Waals surface area (Å²) in [5.41, 5.74) is 0. The molecule has 0 saturated heterocycles. The van der Waals surface area contributed by atoms with Crippen molar-refractivity contribution in [3.63, 3.8) is 0 Å². The van der Waals surface area contributed by atoms with Crippen LogP contribution in [0.1, 0.15) is 24.3 Å². The third-order valence-corrected chi connectivity index (χ3v) is 3.88. The number of hydrogen-bond donors (Lipinski definition) is 1. The van der Waals surface area contributed by atoms with E-state index in [2.05, 4.69) is 0 Å². The van der Waals surface area contributed by atoms with Gasteiger partial charge in [0.2, 0.25) is 0 Å². The second kappa shape index (κ2) is 5.66. The molecule has 1 aromatic rings. The highest BCUT2D eigenvalue weighted by atomic mass is 35.5. The van der Waals surface area contributed by atoms with Crippen LogP contribution in [0.3, 0.4) is 0 Å². The van der Waals surface area contributed by atoms with Crippen molar-refractivity contribution in [3.8, 4) is 0 Å². The Balaban J connectivity index is 2.80. The van der Waals surface area contributed by atoms with Crippen molar-refractivity contribution in [1.82, 2.24) is 4.90 Å². The smallest absolute Gasteiger partial charge is 0.306 e. The van der Waals surface area contributed by atoms with E-state index in [0.29, 0.717) is 6.42 Å². The van der Waals surface area contributed by atoms with E-state index in [0.717, 1.165) is 9.21 Å². The molecule has 3 nitrogen and oxygen atoms in total. The number of carboxylic acids is 1. The predicted octanol–water partition coefficient (Wildman–Crippen LogP) is 3.12. The van der Waals surface area contributed by atoms with Crippen molar-refractivity contribution >= 4 is 28.9 Å². The third-order valence-electron chi connectivity index (χ3n) is 2.54. The van der Waals surface area contributed by atoms with Crippen LogP contribution in [-0.4, -0.2) is 30.1 Å². The molecule has 1 rings (SSSR count). The summed E-state index contributed by atoms with van der Waals surface area (Å²) >= 11 is 7.40. The minimum atomic E-state index is -0.755. The number of halogens is 1. The zero-order chi connectivity index (χ0) is 12.3. The minimum absolute atomic E-state index is 0.114. The van der Waals surface area contributed by atoms with Crippen LogP contribution in [0.5, 0.6) is 0 Å². The summed E-state index contributed by atoms with van der Waals surface area (Å²) in [4.78, 5) is 14.0. The van der Waals surface area contributed by atoms with Crippen molar-refractivity contribution in [2.24, 2.45) is 5.92 Å². The van der Waals surface area contributed by atoms with Crippen LogP contribution in [0, 0.1) is 5.92 Å². The first kappa shape index (κ1) is 13.5. The summed E-state index contributed by atoms with van der Waals surface area (Å²) in [7, 11) is 3.90. The van der Waals surface area contributed by atoms with Crippen LogP contribution in [0.15, 0.2) is 12.1 Å². The van der Waals surface area contributed by atoms with E-state index >= 15 is 0 Å². The second-order valence-corrected chi connectivity index (χ2v) is 5.84. The van der Waals surface area contributed by atoms with Crippen LogP contribution in [0.2, 0.25) is 4.34 Å². The lowest BCUT2D eigenvalue weighted by Crippen LogP contribution is -2.23. The molecular formula is C11H16ClNO2S. The van der Waals surface area contributed by atoms with Crippen molar-refractivity contribution in [1.29, 1.82) is 0 Å². The van der Waals surface area contributed by atoms with Crippen molar-refractivity contribution in [2.45, 2.75) is 19.4 Å². The number of hydrogen-bond acceptors (Lipinski definition) is 3. The number of rotatable bonds is 5. The number of carbonyl (C=O) groups is 1. The summed E-state index contributed by atoms with van der Waals surface area (Å²) in [6.07, 6.45) is 0.596. The lowest BCUT2D eigenvalue weighted by atomic mass is 10.0. The van der Waals surface area contributed by atoms with E-state index in [1.54, 1.807) is 6.92 Å². The number of aliphatic carboxylic acids is 1. The van der Waals surface area contributed by atoms with Crippen LogP contribution in [0.4, 0.5) is 0 Å². The lowest BCUT2D eigenvalue weighted by molar-refractivity contribution is -0.141. The summed E-state index contributed by atoms with van der Waals surface area (Å²) in [5.74, 6) is -1.11. The Hall–Kier alpha value is -0.580. The maximum absolute atomic E-state index is 10.9. The molecule has 0 aromatic carbocycles. The normalized spacial score (nSPS) is 15.1. The second-order valence-electron chi connectivity index (χ2n) is 4.10. The molecule has 16 heavy (non-hydrogen) atoms. The highest BCUT2D eigenvalue weighted by Crippen LogP contribution is 2.33. The zero-order valence-electron chi connectivity index (χ0n) is 9.61. The van der Waals surface area contributed by atoms with E-state index in [4.69, 9.17) is 16.7 Å².